The molecule has 3 aromatic rings. The summed E-state index contributed by atoms with van der Waals surface area (Å²) in [6, 6.07) is 5.70. The molecule has 1 N–H and O–H groups in total. The van der Waals surface area contributed by atoms with Gasteiger partial charge in [-0.25, -0.2) is 13.5 Å². The molecule has 0 saturated heterocycles. The van der Waals surface area contributed by atoms with Crippen molar-refractivity contribution in [2.75, 3.05) is 11.9 Å². The normalized spacial score (nSPS) is 14.1. The van der Waals surface area contributed by atoms with Gasteiger partial charge in [-0.15, -0.1) is 11.3 Å². The lowest BCUT2D eigenvalue weighted by Gasteiger charge is -2.10. The summed E-state index contributed by atoms with van der Waals surface area (Å²) in [5.74, 6) is -0.379. The van der Waals surface area contributed by atoms with Crippen LogP contribution in [0.5, 0.6) is 0 Å². The number of hydrogen-bond acceptors (Lipinski definition) is 3. The van der Waals surface area contributed by atoms with Gasteiger partial charge in [0.2, 0.25) is 0 Å². The molecule has 24 heavy (non-hydrogen) atoms. The van der Waals surface area contributed by atoms with Gasteiger partial charge in [0.05, 0.1) is 4.88 Å². The summed E-state index contributed by atoms with van der Waals surface area (Å²) in [7, 11) is 0. The molecule has 124 valence electrons. The van der Waals surface area contributed by atoms with Gasteiger partial charge in [0.1, 0.15) is 23.0 Å². The minimum absolute atomic E-state index is 0.265. The summed E-state index contributed by atoms with van der Waals surface area (Å²) in [6.07, 6.45) is 3.02. The zero-order valence-electron chi connectivity index (χ0n) is 13.3. The lowest BCUT2D eigenvalue weighted by molar-refractivity contribution is 0.574. The Kier molecular flexibility index (Phi) is 3.84. The highest BCUT2D eigenvalue weighted by Crippen LogP contribution is 2.37. The predicted octanol–water partition coefficient (Wildman–Crippen LogP) is 4.94. The lowest BCUT2D eigenvalue weighted by Crippen LogP contribution is -2.08. The second kappa shape index (κ2) is 6.02. The molecule has 4 rings (SSSR count). The van der Waals surface area contributed by atoms with Crippen LogP contribution in [-0.2, 0) is 6.42 Å². The quantitative estimate of drug-likeness (QED) is 0.713. The standard InChI is InChI=1S/C18H17F2N3S/c1-11-8-16(24-10-11)17-13-4-2-3-7-21-18(13)23(22-17)15-6-5-12(19)9-14(15)20/h5-6,8-10,21H,2-4,7H2,1H3. The second-order valence-electron chi connectivity index (χ2n) is 6.06. The molecular formula is C18H17F2N3S. The molecule has 0 aliphatic carbocycles. The molecule has 3 nitrogen and oxygen atoms in total. The molecule has 0 saturated carbocycles. The van der Waals surface area contributed by atoms with Crippen molar-refractivity contribution in [1.82, 2.24) is 9.78 Å². The maximum Gasteiger partial charge on any atom is 0.151 e. The second-order valence-corrected chi connectivity index (χ2v) is 6.97. The Morgan fingerprint density at radius 1 is 1.21 bits per heavy atom. The number of aromatic nitrogens is 2. The highest BCUT2D eigenvalue weighted by molar-refractivity contribution is 7.13. The highest BCUT2D eigenvalue weighted by atomic mass is 32.1. The van der Waals surface area contributed by atoms with Crippen LogP contribution in [0.2, 0.25) is 0 Å². The first-order valence-corrected chi connectivity index (χ1v) is 8.88. The van der Waals surface area contributed by atoms with Gasteiger partial charge in [-0.3, -0.25) is 0 Å². The zero-order valence-corrected chi connectivity index (χ0v) is 14.1. The molecule has 6 heteroatoms. The van der Waals surface area contributed by atoms with Crippen LogP contribution in [0.25, 0.3) is 16.3 Å². The molecule has 0 spiro atoms. The molecule has 1 aliphatic heterocycles. The summed E-state index contributed by atoms with van der Waals surface area (Å²) >= 11 is 1.64. The van der Waals surface area contributed by atoms with Crippen LogP contribution in [0.3, 0.4) is 0 Å². The van der Waals surface area contributed by atoms with Gasteiger partial charge in [0.25, 0.3) is 0 Å². The number of fused-ring (bicyclic) bond motifs is 1. The van der Waals surface area contributed by atoms with Crippen molar-refractivity contribution in [2.45, 2.75) is 26.2 Å². The van der Waals surface area contributed by atoms with Crippen molar-refractivity contribution in [1.29, 1.82) is 0 Å². The van der Waals surface area contributed by atoms with E-state index in [9.17, 15) is 8.78 Å². The number of aryl methyl sites for hydroxylation is 1. The van der Waals surface area contributed by atoms with Crippen LogP contribution in [0.15, 0.2) is 29.6 Å². The molecule has 3 heterocycles. The van der Waals surface area contributed by atoms with E-state index < -0.39 is 11.6 Å². The first-order chi connectivity index (χ1) is 11.6. The molecule has 0 fully saturated rings. The molecule has 0 bridgehead atoms. The van der Waals surface area contributed by atoms with E-state index in [1.54, 1.807) is 16.0 Å². The average Bonchev–Trinajstić information content (AvgIpc) is 3.03. The van der Waals surface area contributed by atoms with Crippen molar-refractivity contribution in [2.24, 2.45) is 0 Å². The van der Waals surface area contributed by atoms with E-state index >= 15 is 0 Å². The van der Waals surface area contributed by atoms with Crippen LogP contribution in [-0.4, -0.2) is 16.3 Å². The fraction of sp³-hybridized carbons (Fsp3) is 0.278. The number of halogens is 2. The summed E-state index contributed by atoms with van der Waals surface area (Å²) in [6.45, 7) is 2.87. The van der Waals surface area contributed by atoms with Crippen LogP contribution in [0.1, 0.15) is 24.0 Å². The van der Waals surface area contributed by atoms with Crippen LogP contribution in [0.4, 0.5) is 14.6 Å². The minimum Gasteiger partial charge on any atom is -0.370 e. The van der Waals surface area contributed by atoms with Crippen molar-refractivity contribution < 1.29 is 8.78 Å². The van der Waals surface area contributed by atoms with Crippen LogP contribution >= 0.6 is 11.3 Å². The molecular weight excluding hydrogens is 328 g/mol. The molecule has 0 radical (unpaired) electrons. The van der Waals surface area contributed by atoms with E-state index in [-0.39, 0.29) is 5.69 Å². The first-order valence-electron chi connectivity index (χ1n) is 8.00. The van der Waals surface area contributed by atoms with Gasteiger partial charge in [-0.1, -0.05) is 0 Å². The Balaban J connectivity index is 1.92. The van der Waals surface area contributed by atoms with Gasteiger partial charge in [-0.2, -0.15) is 5.10 Å². The Morgan fingerprint density at radius 3 is 2.83 bits per heavy atom. The highest BCUT2D eigenvalue weighted by Gasteiger charge is 2.23. The first kappa shape index (κ1) is 15.3. The average molecular weight is 345 g/mol. The van der Waals surface area contributed by atoms with Gasteiger partial charge >= 0.3 is 0 Å². The molecule has 0 atom stereocenters. The Bertz CT molecular complexity index is 898. The number of nitrogens with zero attached hydrogens (tertiary/aromatic N) is 2. The molecule has 1 aliphatic rings. The van der Waals surface area contributed by atoms with Crippen molar-refractivity contribution in [3.05, 3.63) is 52.4 Å². The van der Waals surface area contributed by atoms with Crippen LogP contribution < -0.4 is 5.32 Å². The Hall–Kier alpha value is -2.21. The SMILES string of the molecule is Cc1csc(-c2nn(-c3ccc(F)cc3F)c3c2CCCCN3)c1. The van der Waals surface area contributed by atoms with E-state index in [0.717, 1.165) is 53.8 Å². The monoisotopic (exact) mass is 345 g/mol. The van der Waals surface area contributed by atoms with Crippen LogP contribution in [0, 0.1) is 18.6 Å². The smallest absolute Gasteiger partial charge is 0.151 e. The number of thiophene rings is 1. The summed E-state index contributed by atoms with van der Waals surface area (Å²) in [5, 5.41) is 10.1. The van der Waals surface area contributed by atoms with E-state index in [1.807, 2.05) is 6.92 Å². The molecule has 0 unspecified atom stereocenters. The van der Waals surface area contributed by atoms with Gasteiger partial charge in [0.15, 0.2) is 5.82 Å². The third-order valence-electron chi connectivity index (χ3n) is 4.23. The largest absolute Gasteiger partial charge is 0.370 e. The van der Waals surface area contributed by atoms with E-state index in [2.05, 4.69) is 21.9 Å². The third kappa shape index (κ3) is 2.60. The number of anilines is 1. The van der Waals surface area contributed by atoms with Crippen molar-refractivity contribution in [3.63, 3.8) is 0 Å². The lowest BCUT2D eigenvalue weighted by atomic mass is 10.1. The van der Waals surface area contributed by atoms with E-state index in [1.165, 1.54) is 17.7 Å². The van der Waals surface area contributed by atoms with Crippen molar-refractivity contribution >= 4 is 17.2 Å². The number of benzene rings is 1. The summed E-state index contributed by atoms with van der Waals surface area (Å²) < 4.78 is 29.1. The van der Waals surface area contributed by atoms with Gasteiger partial charge in [0, 0.05) is 18.2 Å². The number of rotatable bonds is 2. The number of nitrogens with one attached hydrogen (secondary N) is 1. The number of hydrogen-bond donors (Lipinski definition) is 1. The topological polar surface area (TPSA) is 29.9 Å². The van der Waals surface area contributed by atoms with Crippen molar-refractivity contribution in [3.8, 4) is 16.3 Å². The molecule has 0 amide bonds. The summed E-state index contributed by atoms with van der Waals surface area (Å²) in [4.78, 5) is 1.08. The maximum absolute atomic E-state index is 14.3. The fourth-order valence-corrected chi connectivity index (χ4v) is 3.99. The fourth-order valence-electron chi connectivity index (χ4n) is 3.08. The van der Waals surface area contributed by atoms with E-state index in [4.69, 9.17) is 0 Å². The Morgan fingerprint density at radius 2 is 2.08 bits per heavy atom. The molecule has 2 aromatic heterocycles. The zero-order chi connectivity index (χ0) is 16.7. The third-order valence-corrected chi connectivity index (χ3v) is 5.29. The van der Waals surface area contributed by atoms with Gasteiger partial charge < -0.3 is 5.32 Å². The molecule has 1 aromatic carbocycles. The summed E-state index contributed by atoms with van der Waals surface area (Å²) in [5.41, 5.74) is 3.45. The van der Waals surface area contributed by atoms with Gasteiger partial charge in [-0.05, 0) is 55.3 Å². The minimum atomic E-state index is -0.611. The van der Waals surface area contributed by atoms with E-state index in [0.29, 0.717) is 0 Å². The maximum atomic E-state index is 14.3. The Labute approximate surface area is 142 Å². The predicted molar refractivity (Wildman–Crippen MR) is 93.0 cm³/mol.